The van der Waals surface area contributed by atoms with Crippen LogP contribution in [0, 0.1) is 0 Å². The number of halogens is 2. The van der Waals surface area contributed by atoms with Gasteiger partial charge < -0.3 is 9.84 Å². The number of carboxylic acid groups (broad SMARTS) is 1. The topological polar surface area (TPSA) is 83.9 Å². The monoisotopic (exact) mass is 457 g/mol. The van der Waals surface area contributed by atoms with Crippen molar-refractivity contribution in [3.8, 4) is 5.75 Å². The predicted molar refractivity (Wildman–Crippen MR) is 112 cm³/mol. The van der Waals surface area contributed by atoms with Gasteiger partial charge in [-0.25, -0.2) is 8.42 Å². The van der Waals surface area contributed by atoms with Crippen molar-refractivity contribution in [2.45, 2.75) is 29.0 Å². The summed E-state index contributed by atoms with van der Waals surface area (Å²) >= 11 is 12.0. The van der Waals surface area contributed by atoms with Gasteiger partial charge in [-0.3, -0.25) is 9.69 Å². The third kappa shape index (κ3) is 4.23. The summed E-state index contributed by atoms with van der Waals surface area (Å²) in [5, 5.41) is 10.8. The Morgan fingerprint density at radius 1 is 1.10 bits per heavy atom. The highest BCUT2D eigenvalue weighted by Gasteiger charge is 2.53. The maximum atomic E-state index is 13.2. The second-order valence-electron chi connectivity index (χ2n) is 7.00. The van der Waals surface area contributed by atoms with Crippen molar-refractivity contribution in [1.29, 1.82) is 0 Å². The summed E-state index contributed by atoms with van der Waals surface area (Å²) < 4.78 is 29.6. The number of carboxylic acids is 1. The van der Waals surface area contributed by atoms with Gasteiger partial charge in [0.25, 0.3) is 0 Å². The van der Waals surface area contributed by atoms with Crippen molar-refractivity contribution in [2.75, 3.05) is 20.2 Å². The molecule has 0 atom stereocenters. The Balaban J connectivity index is 1.80. The van der Waals surface area contributed by atoms with Crippen molar-refractivity contribution in [1.82, 2.24) is 4.90 Å². The van der Waals surface area contributed by atoms with Gasteiger partial charge in [0, 0.05) is 19.6 Å². The van der Waals surface area contributed by atoms with E-state index in [9.17, 15) is 18.3 Å². The van der Waals surface area contributed by atoms with Crippen LogP contribution in [0.1, 0.15) is 18.4 Å². The number of hydrogen-bond acceptors (Lipinski definition) is 5. The van der Waals surface area contributed by atoms with E-state index in [1.165, 1.54) is 31.4 Å². The molecule has 2 aromatic rings. The molecule has 0 saturated carbocycles. The highest BCUT2D eigenvalue weighted by atomic mass is 35.5. The molecular weight excluding hydrogens is 437 g/mol. The predicted octanol–water partition coefficient (Wildman–Crippen LogP) is 3.90. The van der Waals surface area contributed by atoms with Crippen LogP contribution in [0.3, 0.4) is 0 Å². The van der Waals surface area contributed by atoms with Crippen molar-refractivity contribution >= 4 is 39.0 Å². The lowest BCUT2D eigenvalue weighted by Crippen LogP contribution is -2.54. The number of methoxy groups -OCH3 is 1. The molecule has 1 heterocycles. The minimum atomic E-state index is -4.08. The molecule has 3 rings (SSSR count). The molecule has 1 aliphatic rings. The fourth-order valence-electron chi connectivity index (χ4n) is 3.55. The fourth-order valence-corrected chi connectivity index (χ4v) is 5.76. The van der Waals surface area contributed by atoms with E-state index in [1.54, 1.807) is 12.1 Å². The smallest absolute Gasteiger partial charge is 0.325 e. The quantitative estimate of drug-likeness (QED) is 0.707. The zero-order chi connectivity index (χ0) is 21.2. The number of ether oxygens (including phenoxy) is 1. The lowest BCUT2D eigenvalue weighted by molar-refractivity contribution is -0.141. The zero-order valence-electron chi connectivity index (χ0n) is 15.8. The average Bonchev–Trinajstić information content (AvgIpc) is 2.71. The minimum Gasteiger partial charge on any atom is -0.497 e. The lowest BCUT2D eigenvalue weighted by Gasteiger charge is -2.38. The van der Waals surface area contributed by atoms with Gasteiger partial charge in [0.05, 0.1) is 22.1 Å². The standard InChI is InChI=1S/C20H21Cl2NO5S/c1-28-15-3-5-16(6-4-15)29(26,27)20(19(24)25)8-10-23(11-9-20)13-14-2-7-17(21)18(22)12-14/h2-7,12H,8-11,13H2,1H3,(H,24,25). The Labute approximate surface area is 179 Å². The minimum absolute atomic E-state index is 0.00197. The molecule has 1 N–H and O–H groups in total. The van der Waals surface area contributed by atoms with E-state index < -0.39 is 20.6 Å². The van der Waals surface area contributed by atoms with Crippen molar-refractivity contribution in [2.24, 2.45) is 0 Å². The third-order valence-electron chi connectivity index (χ3n) is 5.33. The third-order valence-corrected chi connectivity index (χ3v) is 8.57. The first-order valence-electron chi connectivity index (χ1n) is 8.98. The van der Waals surface area contributed by atoms with E-state index in [0.29, 0.717) is 35.4 Å². The Kier molecular flexibility index (Phi) is 6.43. The summed E-state index contributed by atoms with van der Waals surface area (Å²) in [7, 11) is -2.60. The SMILES string of the molecule is COc1ccc(S(=O)(=O)C2(C(=O)O)CCN(Cc3ccc(Cl)c(Cl)c3)CC2)cc1. The number of sulfone groups is 1. The number of aliphatic carboxylic acids is 1. The van der Waals surface area contributed by atoms with Crippen LogP contribution in [-0.2, 0) is 21.2 Å². The molecule has 29 heavy (non-hydrogen) atoms. The number of hydrogen-bond donors (Lipinski definition) is 1. The van der Waals surface area contributed by atoms with Gasteiger partial charge in [-0.15, -0.1) is 0 Å². The van der Waals surface area contributed by atoms with E-state index in [1.807, 2.05) is 11.0 Å². The summed E-state index contributed by atoms with van der Waals surface area (Å²) in [5.41, 5.74) is 0.931. The van der Waals surface area contributed by atoms with Crippen LogP contribution >= 0.6 is 23.2 Å². The average molecular weight is 458 g/mol. The van der Waals surface area contributed by atoms with Crippen LogP contribution in [0.4, 0.5) is 0 Å². The van der Waals surface area contributed by atoms with Gasteiger partial charge in [0.1, 0.15) is 5.75 Å². The largest absolute Gasteiger partial charge is 0.497 e. The second-order valence-corrected chi connectivity index (χ2v) is 10.1. The Hall–Kier alpha value is -1.80. The van der Waals surface area contributed by atoms with Gasteiger partial charge in [-0.05, 0) is 54.8 Å². The molecule has 0 radical (unpaired) electrons. The fraction of sp³-hybridized carbons (Fsp3) is 0.350. The number of benzene rings is 2. The summed E-state index contributed by atoms with van der Waals surface area (Å²) in [6, 6.07) is 11.1. The van der Waals surface area contributed by atoms with Crippen molar-refractivity contribution in [3.63, 3.8) is 0 Å². The molecule has 0 aromatic heterocycles. The van der Waals surface area contributed by atoms with E-state index in [4.69, 9.17) is 27.9 Å². The van der Waals surface area contributed by atoms with Crippen LogP contribution in [-0.4, -0.2) is 49.3 Å². The van der Waals surface area contributed by atoms with Crippen LogP contribution in [0.5, 0.6) is 5.75 Å². The van der Waals surface area contributed by atoms with Gasteiger partial charge in [-0.2, -0.15) is 0 Å². The Morgan fingerprint density at radius 3 is 2.24 bits per heavy atom. The first-order valence-corrected chi connectivity index (χ1v) is 11.2. The number of nitrogens with zero attached hydrogens (tertiary/aromatic N) is 1. The van der Waals surface area contributed by atoms with Gasteiger partial charge in [0.15, 0.2) is 14.6 Å². The van der Waals surface area contributed by atoms with Crippen LogP contribution in [0.2, 0.25) is 10.0 Å². The number of piperidine rings is 1. The van der Waals surface area contributed by atoms with Crippen LogP contribution in [0.25, 0.3) is 0 Å². The second kappa shape index (κ2) is 8.52. The maximum Gasteiger partial charge on any atom is 0.325 e. The number of likely N-dealkylation sites (tertiary alicyclic amines) is 1. The maximum absolute atomic E-state index is 13.2. The summed E-state index contributed by atoms with van der Waals surface area (Å²) in [6.45, 7) is 1.21. The molecule has 1 aliphatic heterocycles. The molecular formula is C20H21Cl2NO5S. The molecule has 156 valence electrons. The van der Waals surface area contributed by atoms with Crippen LogP contribution < -0.4 is 4.74 Å². The molecule has 0 aliphatic carbocycles. The molecule has 6 nitrogen and oxygen atoms in total. The summed E-state index contributed by atoms with van der Waals surface area (Å²) in [5.74, 6) is -0.813. The zero-order valence-corrected chi connectivity index (χ0v) is 18.1. The lowest BCUT2D eigenvalue weighted by atomic mass is 9.95. The number of rotatable bonds is 6. The van der Waals surface area contributed by atoms with Gasteiger partial charge in [-0.1, -0.05) is 29.3 Å². The molecule has 0 amide bonds. The summed E-state index contributed by atoms with van der Waals surface area (Å²) in [4.78, 5) is 14.1. The van der Waals surface area contributed by atoms with E-state index in [0.717, 1.165) is 5.56 Å². The molecule has 9 heteroatoms. The van der Waals surface area contributed by atoms with E-state index in [-0.39, 0.29) is 17.7 Å². The highest BCUT2D eigenvalue weighted by Crippen LogP contribution is 2.37. The van der Waals surface area contributed by atoms with E-state index in [2.05, 4.69) is 0 Å². The van der Waals surface area contributed by atoms with Crippen molar-refractivity contribution < 1.29 is 23.1 Å². The van der Waals surface area contributed by atoms with Crippen LogP contribution in [0.15, 0.2) is 47.4 Å². The highest BCUT2D eigenvalue weighted by molar-refractivity contribution is 7.93. The molecule has 2 aromatic carbocycles. The first kappa shape index (κ1) is 21.9. The van der Waals surface area contributed by atoms with Crippen molar-refractivity contribution in [3.05, 3.63) is 58.1 Å². The van der Waals surface area contributed by atoms with Gasteiger partial charge in [0.2, 0.25) is 0 Å². The normalized spacial score (nSPS) is 17.1. The molecule has 1 fully saturated rings. The summed E-state index contributed by atoms with van der Waals surface area (Å²) in [6.07, 6.45) is -0.00393. The first-order chi connectivity index (χ1) is 13.7. The Morgan fingerprint density at radius 2 is 1.72 bits per heavy atom. The number of carbonyl (C=O) groups is 1. The van der Waals surface area contributed by atoms with Gasteiger partial charge >= 0.3 is 5.97 Å². The Bertz CT molecular complexity index is 1000. The van der Waals surface area contributed by atoms with E-state index >= 15 is 0 Å². The molecule has 0 bridgehead atoms. The molecule has 1 saturated heterocycles. The molecule has 0 spiro atoms. The molecule has 0 unspecified atom stereocenters.